The van der Waals surface area contributed by atoms with Crippen LogP contribution in [0.2, 0.25) is 5.02 Å². The van der Waals surface area contributed by atoms with Crippen molar-refractivity contribution in [3.8, 4) is 0 Å². The summed E-state index contributed by atoms with van der Waals surface area (Å²) in [6.07, 6.45) is 0. The molecule has 2 aromatic carbocycles. The summed E-state index contributed by atoms with van der Waals surface area (Å²) in [6, 6.07) is 15.1. The minimum Gasteiger partial charge on any atom is -0.301 e. The summed E-state index contributed by atoms with van der Waals surface area (Å²) in [5.74, 6) is -0.128. The molecule has 1 aromatic heterocycles. The first-order valence-corrected chi connectivity index (χ1v) is 11.1. The van der Waals surface area contributed by atoms with Crippen LogP contribution in [0.4, 0.5) is 0 Å². The zero-order chi connectivity index (χ0) is 18.7. The normalized spacial score (nSPS) is 13.4. The molecular formula is C19H21ClN2O2S2. The predicted molar refractivity (Wildman–Crippen MR) is 110 cm³/mol. The van der Waals surface area contributed by atoms with Crippen molar-refractivity contribution in [2.75, 3.05) is 20.6 Å². The first-order valence-electron chi connectivity index (χ1n) is 8.20. The molecule has 0 saturated heterocycles. The Balaban J connectivity index is 1.78. The van der Waals surface area contributed by atoms with E-state index in [1.54, 1.807) is 35.6 Å². The smallest absolute Gasteiger partial charge is 0.215 e. The highest BCUT2D eigenvalue weighted by molar-refractivity contribution is 7.88. The van der Waals surface area contributed by atoms with Crippen LogP contribution in [0.25, 0.3) is 10.1 Å². The molecule has 138 valence electrons. The fraction of sp³-hybridized carbons (Fsp3) is 0.263. The summed E-state index contributed by atoms with van der Waals surface area (Å²) < 4.78 is 29.0. The lowest BCUT2D eigenvalue weighted by atomic mass is 10.1. The average molecular weight is 409 g/mol. The second kappa shape index (κ2) is 8.06. The first kappa shape index (κ1) is 19.3. The Morgan fingerprint density at radius 1 is 1.12 bits per heavy atom. The minimum atomic E-state index is -3.49. The third-order valence-electron chi connectivity index (χ3n) is 4.29. The minimum absolute atomic E-state index is 0.0489. The SMILES string of the molecule is CN(C)[C@@H](CNS(=O)(=O)Cc1ccccc1Cl)c1csc2ccccc12. The summed E-state index contributed by atoms with van der Waals surface area (Å²) in [5, 5.41) is 3.74. The summed E-state index contributed by atoms with van der Waals surface area (Å²) in [7, 11) is 0.428. The maximum Gasteiger partial charge on any atom is 0.215 e. The van der Waals surface area contributed by atoms with Gasteiger partial charge in [-0.15, -0.1) is 11.3 Å². The maximum absolute atomic E-state index is 12.5. The van der Waals surface area contributed by atoms with Gasteiger partial charge in [-0.05, 0) is 48.1 Å². The molecule has 26 heavy (non-hydrogen) atoms. The van der Waals surface area contributed by atoms with E-state index >= 15 is 0 Å². The van der Waals surface area contributed by atoms with E-state index in [0.29, 0.717) is 17.1 Å². The summed E-state index contributed by atoms with van der Waals surface area (Å²) in [6.45, 7) is 0.306. The van der Waals surface area contributed by atoms with Gasteiger partial charge >= 0.3 is 0 Å². The molecule has 0 aliphatic rings. The van der Waals surface area contributed by atoms with Crippen LogP contribution in [0.3, 0.4) is 0 Å². The molecule has 0 aliphatic carbocycles. The molecule has 0 fully saturated rings. The highest BCUT2D eigenvalue weighted by Gasteiger charge is 2.21. The standard InChI is InChI=1S/C19H21ClN2O2S2/c1-22(2)18(16-12-25-19-10-6-4-8-15(16)19)11-21-26(23,24)13-14-7-3-5-9-17(14)20/h3-10,12,18,21H,11,13H2,1-2H3/t18-/m0/s1. The van der Waals surface area contributed by atoms with Gasteiger partial charge in [0.25, 0.3) is 0 Å². The van der Waals surface area contributed by atoms with E-state index in [9.17, 15) is 8.42 Å². The van der Waals surface area contributed by atoms with Gasteiger partial charge in [0.2, 0.25) is 10.0 Å². The zero-order valence-electron chi connectivity index (χ0n) is 14.6. The largest absolute Gasteiger partial charge is 0.301 e. The number of likely N-dealkylation sites (N-methyl/N-ethyl adjacent to an activating group) is 1. The van der Waals surface area contributed by atoms with E-state index in [1.165, 1.54) is 10.1 Å². The van der Waals surface area contributed by atoms with Gasteiger partial charge in [-0.1, -0.05) is 48.0 Å². The molecule has 4 nitrogen and oxygen atoms in total. The van der Waals surface area contributed by atoms with Gasteiger partial charge in [-0.2, -0.15) is 0 Å². The zero-order valence-corrected chi connectivity index (χ0v) is 17.0. The predicted octanol–water partition coefficient (Wildman–Crippen LogP) is 4.28. The maximum atomic E-state index is 12.5. The molecule has 1 atom stereocenters. The Kier molecular flexibility index (Phi) is 5.99. The van der Waals surface area contributed by atoms with Crippen molar-refractivity contribution in [2.24, 2.45) is 0 Å². The number of nitrogens with zero attached hydrogens (tertiary/aromatic N) is 1. The molecule has 7 heteroatoms. The van der Waals surface area contributed by atoms with Gasteiger partial charge in [-0.25, -0.2) is 13.1 Å². The van der Waals surface area contributed by atoms with Crippen LogP contribution in [0.5, 0.6) is 0 Å². The molecule has 0 unspecified atom stereocenters. The van der Waals surface area contributed by atoms with Gasteiger partial charge in [0.1, 0.15) is 0 Å². The average Bonchev–Trinajstić information content (AvgIpc) is 3.01. The van der Waals surface area contributed by atoms with E-state index in [0.717, 1.165) is 5.56 Å². The monoisotopic (exact) mass is 408 g/mol. The van der Waals surface area contributed by atoms with Crippen molar-refractivity contribution < 1.29 is 8.42 Å². The third-order valence-corrected chi connectivity index (χ3v) is 6.94. The number of hydrogen-bond donors (Lipinski definition) is 1. The number of fused-ring (bicyclic) bond motifs is 1. The Hall–Kier alpha value is -1.44. The number of thiophene rings is 1. The molecule has 3 rings (SSSR count). The number of hydrogen-bond acceptors (Lipinski definition) is 4. The molecule has 0 radical (unpaired) electrons. The van der Waals surface area contributed by atoms with Crippen LogP contribution < -0.4 is 4.72 Å². The van der Waals surface area contributed by atoms with Crippen LogP contribution in [-0.4, -0.2) is 34.0 Å². The number of halogens is 1. The molecule has 1 N–H and O–H groups in total. The van der Waals surface area contributed by atoms with E-state index in [4.69, 9.17) is 11.6 Å². The lowest BCUT2D eigenvalue weighted by Gasteiger charge is -2.24. The van der Waals surface area contributed by atoms with Crippen LogP contribution >= 0.6 is 22.9 Å². The summed E-state index contributed by atoms with van der Waals surface area (Å²) >= 11 is 7.77. The van der Waals surface area contributed by atoms with E-state index in [1.807, 2.05) is 31.1 Å². The van der Waals surface area contributed by atoms with Gasteiger partial charge in [0.15, 0.2) is 0 Å². The molecular weight excluding hydrogens is 388 g/mol. The second-order valence-corrected chi connectivity index (χ2v) is 9.49. The lowest BCUT2D eigenvalue weighted by molar-refractivity contribution is 0.301. The Bertz CT molecular complexity index is 999. The van der Waals surface area contributed by atoms with Crippen LogP contribution in [0, 0.1) is 0 Å². The van der Waals surface area contributed by atoms with Gasteiger partial charge in [-0.3, -0.25) is 0 Å². The van der Waals surface area contributed by atoms with Gasteiger partial charge in [0.05, 0.1) is 5.75 Å². The topological polar surface area (TPSA) is 49.4 Å². The second-order valence-electron chi connectivity index (χ2n) is 6.37. The number of nitrogens with one attached hydrogen (secondary N) is 1. The van der Waals surface area contributed by atoms with Crippen LogP contribution in [-0.2, 0) is 15.8 Å². The van der Waals surface area contributed by atoms with Gasteiger partial charge < -0.3 is 4.90 Å². The Labute approximate surface area is 163 Å². The van der Waals surface area contributed by atoms with Crippen molar-refractivity contribution >= 4 is 43.0 Å². The number of benzene rings is 2. The van der Waals surface area contributed by atoms with Crippen molar-refractivity contribution in [1.29, 1.82) is 0 Å². The number of rotatable bonds is 7. The molecule has 0 saturated carbocycles. The van der Waals surface area contributed by atoms with E-state index < -0.39 is 10.0 Å². The Morgan fingerprint density at radius 3 is 2.54 bits per heavy atom. The van der Waals surface area contributed by atoms with E-state index in [2.05, 4.69) is 22.2 Å². The lowest BCUT2D eigenvalue weighted by Crippen LogP contribution is -2.35. The van der Waals surface area contributed by atoms with E-state index in [-0.39, 0.29) is 11.8 Å². The van der Waals surface area contributed by atoms with Crippen molar-refractivity contribution in [2.45, 2.75) is 11.8 Å². The fourth-order valence-corrected chi connectivity index (χ4v) is 5.37. The molecule has 0 aliphatic heterocycles. The summed E-state index contributed by atoms with van der Waals surface area (Å²) in [5.41, 5.74) is 1.74. The molecule has 0 amide bonds. The Morgan fingerprint density at radius 2 is 1.81 bits per heavy atom. The molecule has 1 heterocycles. The fourth-order valence-electron chi connectivity index (χ4n) is 2.90. The highest BCUT2D eigenvalue weighted by Crippen LogP contribution is 2.32. The van der Waals surface area contributed by atoms with Crippen LogP contribution in [0.15, 0.2) is 53.9 Å². The van der Waals surface area contributed by atoms with Crippen molar-refractivity contribution in [3.05, 3.63) is 70.1 Å². The van der Waals surface area contributed by atoms with Crippen molar-refractivity contribution in [3.63, 3.8) is 0 Å². The van der Waals surface area contributed by atoms with Crippen LogP contribution in [0.1, 0.15) is 17.2 Å². The van der Waals surface area contributed by atoms with Gasteiger partial charge in [0, 0.05) is 22.3 Å². The molecule has 3 aromatic rings. The quantitative estimate of drug-likeness (QED) is 0.634. The molecule has 0 spiro atoms. The number of sulfonamides is 1. The first-order chi connectivity index (χ1) is 12.4. The summed E-state index contributed by atoms with van der Waals surface area (Å²) in [4.78, 5) is 2.03. The molecule has 0 bridgehead atoms. The third kappa shape index (κ3) is 4.45. The van der Waals surface area contributed by atoms with Crippen molar-refractivity contribution in [1.82, 2.24) is 9.62 Å². The highest BCUT2D eigenvalue weighted by atomic mass is 35.5.